The van der Waals surface area contributed by atoms with E-state index >= 15 is 0 Å². The van der Waals surface area contributed by atoms with E-state index in [9.17, 15) is 9.59 Å². The monoisotopic (exact) mass is 386 g/mol. The summed E-state index contributed by atoms with van der Waals surface area (Å²) in [7, 11) is 0. The van der Waals surface area contributed by atoms with E-state index < -0.39 is 6.04 Å². The Hall–Kier alpha value is -2.33. The number of hydrogen-bond acceptors (Lipinski definition) is 2. The maximum Gasteiger partial charge on any atom is 0.242 e. The van der Waals surface area contributed by atoms with E-state index in [1.807, 2.05) is 61.5 Å². The number of rotatable bonds is 9. The van der Waals surface area contributed by atoms with Crippen LogP contribution in [0.15, 0.2) is 54.6 Å². The van der Waals surface area contributed by atoms with Crippen LogP contribution in [0.4, 0.5) is 0 Å². The maximum absolute atomic E-state index is 12.9. The van der Waals surface area contributed by atoms with Gasteiger partial charge in [0, 0.05) is 24.5 Å². The number of amides is 2. The number of carbonyl (C=O) groups is 2. The summed E-state index contributed by atoms with van der Waals surface area (Å²) in [4.78, 5) is 26.9. The van der Waals surface area contributed by atoms with E-state index in [4.69, 9.17) is 11.6 Å². The number of hydrogen-bond donors (Lipinski definition) is 1. The Bertz CT molecular complexity index is 749. The predicted octanol–water partition coefficient (Wildman–Crippen LogP) is 3.87. The molecule has 5 heteroatoms. The van der Waals surface area contributed by atoms with Crippen LogP contribution >= 0.6 is 11.6 Å². The highest BCUT2D eigenvalue weighted by Gasteiger charge is 2.25. The second-order valence-corrected chi connectivity index (χ2v) is 6.89. The molecule has 4 nitrogen and oxygen atoms in total. The van der Waals surface area contributed by atoms with Gasteiger partial charge in [-0.1, -0.05) is 60.1 Å². The van der Waals surface area contributed by atoms with Crippen molar-refractivity contribution in [3.8, 4) is 0 Å². The van der Waals surface area contributed by atoms with Gasteiger partial charge in [-0.2, -0.15) is 0 Å². The molecule has 0 aliphatic carbocycles. The third kappa shape index (κ3) is 6.40. The summed E-state index contributed by atoms with van der Waals surface area (Å²) in [5.41, 5.74) is 2.09. The molecule has 0 bridgehead atoms. The van der Waals surface area contributed by atoms with Gasteiger partial charge in [0.1, 0.15) is 6.04 Å². The smallest absolute Gasteiger partial charge is 0.242 e. The SMILES string of the molecule is CCNC(=O)[C@H](C)N(CCc1ccccc1)C(=O)CCc1ccccc1Cl. The van der Waals surface area contributed by atoms with Crippen LogP contribution in [-0.2, 0) is 22.4 Å². The molecule has 0 aromatic heterocycles. The minimum Gasteiger partial charge on any atom is -0.355 e. The van der Waals surface area contributed by atoms with E-state index in [1.54, 1.807) is 11.8 Å². The summed E-state index contributed by atoms with van der Waals surface area (Å²) in [6.45, 7) is 4.70. The molecule has 2 rings (SSSR count). The van der Waals surface area contributed by atoms with Crippen LogP contribution in [0, 0.1) is 0 Å². The average molecular weight is 387 g/mol. The van der Waals surface area contributed by atoms with Gasteiger partial charge in [0.05, 0.1) is 0 Å². The molecule has 0 unspecified atom stereocenters. The number of benzene rings is 2. The average Bonchev–Trinajstić information content (AvgIpc) is 2.68. The van der Waals surface area contributed by atoms with Gasteiger partial charge in [0.25, 0.3) is 0 Å². The highest BCUT2D eigenvalue weighted by Crippen LogP contribution is 2.17. The molecule has 0 aliphatic rings. The Morgan fingerprint density at radius 2 is 1.70 bits per heavy atom. The van der Waals surface area contributed by atoms with Gasteiger partial charge < -0.3 is 10.2 Å². The second kappa shape index (κ2) is 10.7. The molecule has 2 aromatic rings. The van der Waals surface area contributed by atoms with Crippen molar-refractivity contribution in [2.24, 2.45) is 0 Å². The topological polar surface area (TPSA) is 49.4 Å². The van der Waals surface area contributed by atoms with Crippen LogP contribution in [0.3, 0.4) is 0 Å². The predicted molar refractivity (Wildman–Crippen MR) is 110 cm³/mol. The normalized spacial score (nSPS) is 11.7. The zero-order chi connectivity index (χ0) is 19.6. The van der Waals surface area contributed by atoms with Crippen LogP contribution in [-0.4, -0.2) is 35.8 Å². The van der Waals surface area contributed by atoms with Crippen molar-refractivity contribution >= 4 is 23.4 Å². The van der Waals surface area contributed by atoms with E-state index in [1.165, 1.54) is 0 Å². The molecule has 0 aliphatic heterocycles. The summed E-state index contributed by atoms with van der Waals surface area (Å²) in [6, 6.07) is 17.0. The maximum atomic E-state index is 12.9. The van der Waals surface area contributed by atoms with Gasteiger partial charge in [-0.05, 0) is 43.9 Å². The number of halogens is 1. The molecule has 0 heterocycles. The Balaban J connectivity index is 2.06. The zero-order valence-corrected chi connectivity index (χ0v) is 16.7. The Kier molecular flexibility index (Phi) is 8.34. The largest absolute Gasteiger partial charge is 0.355 e. The molecular formula is C22H27ClN2O2. The molecule has 1 N–H and O–H groups in total. The summed E-state index contributed by atoms with van der Waals surface area (Å²) < 4.78 is 0. The third-order valence-corrected chi connectivity index (χ3v) is 4.94. The molecule has 0 saturated heterocycles. The fourth-order valence-corrected chi connectivity index (χ4v) is 3.21. The number of nitrogens with one attached hydrogen (secondary N) is 1. The molecule has 0 radical (unpaired) electrons. The fourth-order valence-electron chi connectivity index (χ4n) is 2.98. The van der Waals surface area contributed by atoms with Crippen molar-refractivity contribution in [2.45, 2.75) is 39.2 Å². The van der Waals surface area contributed by atoms with Crippen molar-refractivity contribution in [3.63, 3.8) is 0 Å². The highest BCUT2D eigenvalue weighted by molar-refractivity contribution is 6.31. The van der Waals surface area contributed by atoms with E-state index in [-0.39, 0.29) is 11.8 Å². The molecule has 1 atom stereocenters. The van der Waals surface area contributed by atoms with E-state index in [0.717, 1.165) is 11.1 Å². The first-order chi connectivity index (χ1) is 13.0. The quantitative estimate of drug-likeness (QED) is 0.711. The lowest BCUT2D eigenvalue weighted by Gasteiger charge is -2.28. The van der Waals surface area contributed by atoms with Gasteiger partial charge in [0.2, 0.25) is 11.8 Å². The van der Waals surface area contributed by atoms with Gasteiger partial charge in [0.15, 0.2) is 0 Å². The summed E-state index contributed by atoms with van der Waals surface area (Å²) in [6.07, 6.45) is 1.59. The Labute approximate surface area is 166 Å². The molecule has 0 saturated carbocycles. The van der Waals surface area contributed by atoms with Crippen molar-refractivity contribution in [3.05, 3.63) is 70.7 Å². The third-order valence-electron chi connectivity index (χ3n) is 4.57. The van der Waals surface area contributed by atoms with Crippen molar-refractivity contribution in [1.29, 1.82) is 0 Å². The minimum absolute atomic E-state index is 0.0374. The molecule has 0 spiro atoms. The number of likely N-dealkylation sites (N-methyl/N-ethyl adjacent to an activating group) is 1. The number of nitrogens with zero attached hydrogens (tertiary/aromatic N) is 1. The first-order valence-corrected chi connectivity index (χ1v) is 9.75. The van der Waals surface area contributed by atoms with E-state index in [2.05, 4.69) is 5.32 Å². The van der Waals surface area contributed by atoms with Gasteiger partial charge in [-0.3, -0.25) is 9.59 Å². The summed E-state index contributed by atoms with van der Waals surface area (Å²) in [5.74, 6) is -0.166. The molecule has 2 aromatic carbocycles. The van der Waals surface area contributed by atoms with Crippen LogP contribution in [0.25, 0.3) is 0 Å². The molecule has 144 valence electrons. The summed E-state index contributed by atoms with van der Waals surface area (Å²) >= 11 is 6.19. The lowest BCUT2D eigenvalue weighted by atomic mass is 10.1. The number of aryl methyl sites for hydroxylation is 1. The molecular weight excluding hydrogens is 360 g/mol. The summed E-state index contributed by atoms with van der Waals surface area (Å²) in [5, 5.41) is 3.47. The molecule has 0 fully saturated rings. The van der Waals surface area contributed by atoms with Gasteiger partial charge >= 0.3 is 0 Å². The molecule has 27 heavy (non-hydrogen) atoms. The van der Waals surface area contributed by atoms with Crippen LogP contribution in [0.2, 0.25) is 5.02 Å². The van der Waals surface area contributed by atoms with Crippen molar-refractivity contribution in [2.75, 3.05) is 13.1 Å². The first-order valence-electron chi connectivity index (χ1n) is 9.37. The zero-order valence-electron chi connectivity index (χ0n) is 16.0. The second-order valence-electron chi connectivity index (χ2n) is 6.48. The Morgan fingerprint density at radius 1 is 1.04 bits per heavy atom. The van der Waals surface area contributed by atoms with Crippen LogP contribution < -0.4 is 5.32 Å². The highest BCUT2D eigenvalue weighted by atomic mass is 35.5. The van der Waals surface area contributed by atoms with Crippen molar-refractivity contribution in [1.82, 2.24) is 10.2 Å². The first kappa shape index (κ1) is 21.0. The fraction of sp³-hybridized carbons (Fsp3) is 0.364. The lowest BCUT2D eigenvalue weighted by Crippen LogP contribution is -2.48. The van der Waals surface area contributed by atoms with Crippen molar-refractivity contribution < 1.29 is 9.59 Å². The standard InChI is InChI=1S/C22H27ClN2O2/c1-3-24-22(27)17(2)25(16-15-18-9-5-4-6-10-18)21(26)14-13-19-11-7-8-12-20(19)23/h4-12,17H,3,13-16H2,1-2H3,(H,24,27)/t17-/m0/s1. The van der Waals surface area contributed by atoms with E-state index in [0.29, 0.717) is 37.4 Å². The lowest BCUT2D eigenvalue weighted by molar-refractivity contribution is -0.139. The minimum atomic E-state index is -0.507. The van der Waals surface area contributed by atoms with Crippen LogP contribution in [0.1, 0.15) is 31.4 Å². The van der Waals surface area contributed by atoms with Gasteiger partial charge in [-0.25, -0.2) is 0 Å². The van der Waals surface area contributed by atoms with Crippen LogP contribution in [0.5, 0.6) is 0 Å². The van der Waals surface area contributed by atoms with Gasteiger partial charge in [-0.15, -0.1) is 0 Å². The number of carbonyl (C=O) groups excluding carboxylic acids is 2. The Morgan fingerprint density at radius 3 is 2.37 bits per heavy atom. The molecule has 2 amide bonds.